The molecule has 3 heteroatoms. The lowest BCUT2D eigenvalue weighted by atomic mass is 10.00. The predicted octanol–water partition coefficient (Wildman–Crippen LogP) is 4.74. The van der Waals surface area contributed by atoms with Crippen LogP contribution in [0.2, 0.25) is 0 Å². The van der Waals surface area contributed by atoms with Gasteiger partial charge in [-0.15, -0.1) is 0 Å². The Morgan fingerprint density at radius 1 is 1.20 bits per heavy atom. The molecule has 0 saturated heterocycles. The molecule has 0 saturated carbocycles. The van der Waals surface area contributed by atoms with Crippen molar-refractivity contribution >= 4 is 11.5 Å². The Labute approximate surface area is 123 Å². The largest absolute Gasteiger partial charge is 0.378 e. The molecule has 0 spiro atoms. The van der Waals surface area contributed by atoms with Crippen molar-refractivity contribution in [3.8, 4) is 0 Å². The summed E-state index contributed by atoms with van der Waals surface area (Å²) in [6.45, 7) is 16.8. The van der Waals surface area contributed by atoms with Gasteiger partial charge in [-0.2, -0.15) is 0 Å². The zero-order valence-electron chi connectivity index (χ0n) is 14.3. The Bertz CT molecular complexity index is 495. The van der Waals surface area contributed by atoms with Crippen molar-refractivity contribution in [1.82, 2.24) is 4.57 Å². The minimum atomic E-state index is -0.0164. The molecule has 0 aromatic carbocycles. The lowest BCUT2D eigenvalue weighted by Crippen LogP contribution is -2.31. The third kappa shape index (κ3) is 3.25. The standard InChI is InChI=1S/C17H30N2O/c1-9-16(5,6)18-15-12(3)19(17(7,8)10-2)11-14(15)13(4)20/h11,18H,9-10H2,1-8H3. The zero-order chi connectivity index (χ0) is 15.7. The second-order valence-corrected chi connectivity index (χ2v) is 6.96. The van der Waals surface area contributed by atoms with Crippen LogP contribution in [-0.4, -0.2) is 15.9 Å². The van der Waals surface area contributed by atoms with Gasteiger partial charge >= 0.3 is 0 Å². The van der Waals surface area contributed by atoms with Crippen molar-refractivity contribution in [3.05, 3.63) is 17.5 Å². The molecule has 1 rings (SSSR count). The quantitative estimate of drug-likeness (QED) is 0.762. The predicted molar refractivity (Wildman–Crippen MR) is 86.8 cm³/mol. The van der Waals surface area contributed by atoms with Crippen LogP contribution in [0.1, 0.15) is 77.4 Å². The minimum absolute atomic E-state index is 0.0164. The molecule has 1 aromatic heterocycles. The smallest absolute Gasteiger partial charge is 0.163 e. The number of anilines is 1. The number of nitrogens with zero attached hydrogens (tertiary/aromatic N) is 1. The van der Waals surface area contributed by atoms with Crippen molar-refractivity contribution in [2.45, 2.75) is 79.3 Å². The van der Waals surface area contributed by atoms with Crippen LogP contribution in [0, 0.1) is 6.92 Å². The Morgan fingerprint density at radius 2 is 1.75 bits per heavy atom. The third-order valence-corrected chi connectivity index (χ3v) is 4.49. The Kier molecular flexibility index (Phi) is 4.73. The molecule has 0 atom stereocenters. The number of carbonyl (C=O) groups excluding carboxylic acids is 1. The Morgan fingerprint density at radius 3 is 2.15 bits per heavy atom. The van der Waals surface area contributed by atoms with E-state index in [1.807, 2.05) is 6.20 Å². The molecular formula is C17H30N2O. The number of aromatic nitrogens is 1. The third-order valence-electron chi connectivity index (χ3n) is 4.49. The molecule has 1 heterocycles. The van der Waals surface area contributed by atoms with E-state index in [0.29, 0.717) is 0 Å². The van der Waals surface area contributed by atoms with Crippen molar-refractivity contribution in [2.75, 3.05) is 5.32 Å². The molecule has 0 radical (unpaired) electrons. The molecule has 0 aliphatic rings. The number of Topliss-reactive ketones (excluding diaryl/α,β-unsaturated/α-hetero) is 1. The SMILES string of the molecule is CCC(C)(C)Nc1c(C(C)=O)cn(C(C)(C)CC)c1C. The van der Waals surface area contributed by atoms with Crippen LogP contribution in [0.15, 0.2) is 6.20 Å². The van der Waals surface area contributed by atoms with E-state index < -0.39 is 0 Å². The normalized spacial score (nSPS) is 12.6. The molecular weight excluding hydrogens is 248 g/mol. The summed E-state index contributed by atoms with van der Waals surface area (Å²) < 4.78 is 2.23. The van der Waals surface area contributed by atoms with Crippen LogP contribution in [0.5, 0.6) is 0 Å². The fourth-order valence-corrected chi connectivity index (χ4v) is 2.26. The second kappa shape index (κ2) is 5.63. The lowest BCUT2D eigenvalue weighted by molar-refractivity contribution is 0.101. The first-order valence-electron chi connectivity index (χ1n) is 7.57. The molecule has 0 bridgehead atoms. The molecule has 0 amide bonds. The van der Waals surface area contributed by atoms with E-state index >= 15 is 0 Å². The van der Waals surface area contributed by atoms with Crippen LogP contribution >= 0.6 is 0 Å². The van der Waals surface area contributed by atoms with Crippen LogP contribution in [-0.2, 0) is 5.54 Å². The van der Waals surface area contributed by atoms with Crippen molar-refractivity contribution < 1.29 is 4.79 Å². The van der Waals surface area contributed by atoms with E-state index in [-0.39, 0.29) is 16.9 Å². The summed E-state index contributed by atoms with van der Waals surface area (Å²) >= 11 is 0. The van der Waals surface area contributed by atoms with E-state index in [1.54, 1.807) is 6.92 Å². The maximum atomic E-state index is 12.0. The lowest BCUT2D eigenvalue weighted by Gasteiger charge is -2.29. The zero-order valence-corrected chi connectivity index (χ0v) is 14.3. The maximum absolute atomic E-state index is 12.0. The number of carbonyl (C=O) groups is 1. The minimum Gasteiger partial charge on any atom is -0.378 e. The highest BCUT2D eigenvalue weighted by Crippen LogP contribution is 2.33. The molecule has 0 aliphatic heterocycles. The van der Waals surface area contributed by atoms with Gasteiger partial charge in [0.25, 0.3) is 0 Å². The first-order chi connectivity index (χ1) is 9.05. The molecule has 1 aromatic rings. The van der Waals surface area contributed by atoms with Crippen molar-refractivity contribution in [2.24, 2.45) is 0 Å². The van der Waals surface area contributed by atoms with Gasteiger partial charge in [-0.05, 0) is 54.4 Å². The number of hydrogen-bond acceptors (Lipinski definition) is 2. The summed E-state index contributed by atoms with van der Waals surface area (Å²) in [6, 6.07) is 0. The molecule has 3 nitrogen and oxygen atoms in total. The van der Waals surface area contributed by atoms with Crippen LogP contribution < -0.4 is 5.32 Å². The highest BCUT2D eigenvalue weighted by molar-refractivity contribution is 6.00. The van der Waals surface area contributed by atoms with E-state index in [4.69, 9.17) is 0 Å². The highest BCUT2D eigenvalue weighted by Gasteiger charge is 2.27. The van der Waals surface area contributed by atoms with E-state index in [2.05, 4.69) is 58.4 Å². The Balaban J connectivity index is 3.39. The Hall–Kier alpha value is -1.25. The van der Waals surface area contributed by atoms with Gasteiger partial charge < -0.3 is 9.88 Å². The number of ketones is 1. The second-order valence-electron chi connectivity index (χ2n) is 6.96. The molecule has 114 valence electrons. The summed E-state index contributed by atoms with van der Waals surface area (Å²) in [5, 5.41) is 3.56. The van der Waals surface area contributed by atoms with Gasteiger partial charge in [-0.3, -0.25) is 4.79 Å². The number of nitrogens with one attached hydrogen (secondary N) is 1. The van der Waals surface area contributed by atoms with Gasteiger partial charge in [0.15, 0.2) is 5.78 Å². The first kappa shape index (κ1) is 16.8. The molecule has 0 fully saturated rings. The average molecular weight is 278 g/mol. The fourth-order valence-electron chi connectivity index (χ4n) is 2.26. The first-order valence-corrected chi connectivity index (χ1v) is 7.57. The summed E-state index contributed by atoms with van der Waals surface area (Å²) in [5.74, 6) is 0.119. The molecule has 0 aliphatic carbocycles. The topological polar surface area (TPSA) is 34.0 Å². The molecule has 0 unspecified atom stereocenters. The van der Waals surface area contributed by atoms with Gasteiger partial charge in [-0.1, -0.05) is 13.8 Å². The van der Waals surface area contributed by atoms with E-state index in [1.165, 1.54) is 0 Å². The number of rotatable bonds is 6. The molecule has 1 N–H and O–H groups in total. The van der Waals surface area contributed by atoms with E-state index in [9.17, 15) is 4.79 Å². The molecule has 20 heavy (non-hydrogen) atoms. The van der Waals surface area contributed by atoms with E-state index in [0.717, 1.165) is 29.8 Å². The van der Waals surface area contributed by atoms with Gasteiger partial charge in [0, 0.05) is 23.0 Å². The van der Waals surface area contributed by atoms with Crippen molar-refractivity contribution in [3.63, 3.8) is 0 Å². The van der Waals surface area contributed by atoms with Gasteiger partial charge in [0.05, 0.1) is 11.3 Å². The van der Waals surface area contributed by atoms with Gasteiger partial charge in [-0.25, -0.2) is 0 Å². The van der Waals surface area contributed by atoms with Gasteiger partial charge in [0.2, 0.25) is 0 Å². The van der Waals surface area contributed by atoms with Crippen LogP contribution in [0.3, 0.4) is 0 Å². The summed E-state index contributed by atoms with van der Waals surface area (Å²) in [7, 11) is 0. The van der Waals surface area contributed by atoms with Gasteiger partial charge in [0.1, 0.15) is 0 Å². The number of hydrogen-bond donors (Lipinski definition) is 1. The fraction of sp³-hybridized carbons (Fsp3) is 0.706. The maximum Gasteiger partial charge on any atom is 0.163 e. The summed E-state index contributed by atoms with van der Waals surface area (Å²) in [5.41, 5.74) is 2.93. The summed E-state index contributed by atoms with van der Waals surface area (Å²) in [4.78, 5) is 12.0. The van der Waals surface area contributed by atoms with Crippen LogP contribution in [0.25, 0.3) is 0 Å². The van der Waals surface area contributed by atoms with Crippen LogP contribution in [0.4, 0.5) is 5.69 Å². The monoisotopic (exact) mass is 278 g/mol. The van der Waals surface area contributed by atoms with Crippen molar-refractivity contribution in [1.29, 1.82) is 0 Å². The summed E-state index contributed by atoms with van der Waals surface area (Å²) in [6.07, 6.45) is 4.04. The average Bonchev–Trinajstić information content (AvgIpc) is 2.67. The highest BCUT2D eigenvalue weighted by atomic mass is 16.1.